The van der Waals surface area contributed by atoms with Crippen LogP contribution < -0.4 is 0 Å². The summed E-state index contributed by atoms with van der Waals surface area (Å²) in [6.07, 6.45) is 0. The Labute approximate surface area is 168 Å². The van der Waals surface area contributed by atoms with E-state index in [1.165, 1.54) is 5.56 Å². The van der Waals surface area contributed by atoms with Crippen LogP contribution >= 0.6 is 11.8 Å². The fourth-order valence-corrected chi connectivity index (χ4v) is 4.28. The molecule has 0 aliphatic carbocycles. The van der Waals surface area contributed by atoms with Crippen LogP contribution in [0.2, 0.25) is 0 Å². The highest BCUT2D eigenvalue weighted by Crippen LogP contribution is 2.23. The second kappa shape index (κ2) is 8.10. The molecule has 28 heavy (non-hydrogen) atoms. The van der Waals surface area contributed by atoms with Gasteiger partial charge in [-0.05, 0) is 30.7 Å². The molecule has 1 saturated heterocycles. The maximum Gasteiger partial charge on any atom is 0.289 e. The highest BCUT2D eigenvalue weighted by molar-refractivity contribution is 8.00. The summed E-state index contributed by atoms with van der Waals surface area (Å²) < 4.78 is 5.68. The molecule has 1 aliphatic rings. The minimum Gasteiger partial charge on any atom is -0.451 e. The number of thioether (sulfide) groups is 1. The number of rotatable bonds is 4. The van der Waals surface area contributed by atoms with Crippen molar-refractivity contribution in [1.29, 1.82) is 0 Å². The summed E-state index contributed by atoms with van der Waals surface area (Å²) in [5.74, 6) is 0.778. The van der Waals surface area contributed by atoms with Gasteiger partial charge >= 0.3 is 0 Å². The van der Waals surface area contributed by atoms with Crippen LogP contribution in [0.15, 0.2) is 63.9 Å². The maximum atomic E-state index is 12.7. The summed E-state index contributed by atoms with van der Waals surface area (Å²) in [6.45, 7) is 4.21. The summed E-state index contributed by atoms with van der Waals surface area (Å²) in [4.78, 5) is 30.0. The number of carbonyl (C=O) groups excluding carboxylic acids is 2. The van der Waals surface area contributed by atoms with E-state index < -0.39 is 0 Å². The number of hydrogen-bond acceptors (Lipinski definition) is 4. The molecule has 1 fully saturated rings. The van der Waals surface area contributed by atoms with E-state index in [1.54, 1.807) is 22.7 Å². The molecule has 2 aromatic carbocycles. The van der Waals surface area contributed by atoms with Crippen LogP contribution in [0, 0.1) is 6.92 Å². The molecule has 0 radical (unpaired) electrons. The Bertz CT molecular complexity index is 973. The molecule has 0 N–H and O–H groups in total. The van der Waals surface area contributed by atoms with Crippen molar-refractivity contribution >= 4 is 34.5 Å². The van der Waals surface area contributed by atoms with E-state index in [-0.39, 0.29) is 11.8 Å². The van der Waals surface area contributed by atoms with Crippen molar-refractivity contribution in [3.63, 3.8) is 0 Å². The molecule has 0 spiro atoms. The Kier molecular flexibility index (Phi) is 5.39. The number of benzene rings is 2. The minimum atomic E-state index is -0.113. The molecule has 2 amide bonds. The molecule has 3 aromatic rings. The van der Waals surface area contributed by atoms with Crippen LogP contribution in [-0.2, 0) is 4.79 Å². The van der Waals surface area contributed by atoms with Crippen LogP contribution in [0.1, 0.15) is 16.1 Å². The van der Waals surface area contributed by atoms with E-state index in [4.69, 9.17) is 4.42 Å². The third-order valence-electron chi connectivity index (χ3n) is 5.00. The Hall–Kier alpha value is -2.73. The molecular weight excluding hydrogens is 372 g/mol. The molecule has 1 aliphatic heterocycles. The number of fused-ring (bicyclic) bond motifs is 1. The van der Waals surface area contributed by atoms with Gasteiger partial charge in [0.2, 0.25) is 5.91 Å². The van der Waals surface area contributed by atoms with Gasteiger partial charge in [0.25, 0.3) is 5.91 Å². The number of para-hydroxylation sites is 1. The number of carbonyl (C=O) groups is 2. The zero-order valence-electron chi connectivity index (χ0n) is 15.8. The third kappa shape index (κ3) is 3.92. The summed E-state index contributed by atoms with van der Waals surface area (Å²) in [7, 11) is 0. The van der Waals surface area contributed by atoms with E-state index in [0.29, 0.717) is 43.3 Å². The predicted octanol–water partition coefficient (Wildman–Crippen LogP) is 3.82. The van der Waals surface area contributed by atoms with E-state index in [1.807, 2.05) is 47.4 Å². The average molecular weight is 394 g/mol. The van der Waals surface area contributed by atoms with Gasteiger partial charge in [-0.25, -0.2) is 0 Å². The van der Waals surface area contributed by atoms with E-state index in [0.717, 1.165) is 10.3 Å². The molecule has 1 aromatic heterocycles. The molecule has 0 bridgehead atoms. The summed E-state index contributed by atoms with van der Waals surface area (Å²) in [5, 5.41) is 0.924. The van der Waals surface area contributed by atoms with Gasteiger partial charge in [-0.3, -0.25) is 9.59 Å². The lowest BCUT2D eigenvalue weighted by Crippen LogP contribution is -2.51. The van der Waals surface area contributed by atoms with Crippen LogP contribution in [0.5, 0.6) is 0 Å². The van der Waals surface area contributed by atoms with Crippen LogP contribution in [0.25, 0.3) is 11.0 Å². The van der Waals surface area contributed by atoms with Gasteiger partial charge in [0.15, 0.2) is 5.76 Å². The Morgan fingerprint density at radius 3 is 2.39 bits per heavy atom. The Morgan fingerprint density at radius 1 is 0.964 bits per heavy atom. The highest BCUT2D eigenvalue weighted by atomic mass is 32.2. The van der Waals surface area contributed by atoms with Crippen molar-refractivity contribution in [3.8, 4) is 0 Å². The van der Waals surface area contributed by atoms with Crippen molar-refractivity contribution in [3.05, 3.63) is 65.9 Å². The molecule has 144 valence electrons. The number of amides is 2. The average Bonchev–Trinajstić information content (AvgIpc) is 3.17. The standard InChI is InChI=1S/C22H22N2O3S/c1-16-6-2-5-9-20(16)28-15-21(25)23-10-12-24(13-11-23)22(26)19-14-17-7-3-4-8-18(17)27-19/h2-9,14H,10-13,15H2,1H3. The minimum absolute atomic E-state index is 0.113. The summed E-state index contributed by atoms with van der Waals surface area (Å²) >= 11 is 1.57. The first kappa shape index (κ1) is 18.6. The van der Waals surface area contributed by atoms with Crippen molar-refractivity contribution in [2.24, 2.45) is 0 Å². The molecule has 5 nitrogen and oxygen atoms in total. The lowest BCUT2D eigenvalue weighted by atomic mass is 10.2. The number of aryl methyl sites for hydroxylation is 1. The van der Waals surface area contributed by atoms with Crippen LogP contribution in [0.4, 0.5) is 0 Å². The molecule has 4 rings (SSSR count). The van der Waals surface area contributed by atoms with E-state index in [2.05, 4.69) is 13.0 Å². The topological polar surface area (TPSA) is 53.8 Å². The Balaban J connectivity index is 1.32. The Morgan fingerprint density at radius 2 is 1.64 bits per heavy atom. The van der Waals surface area contributed by atoms with Crippen LogP contribution in [0.3, 0.4) is 0 Å². The van der Waals surface area contributed by atoms with Crippen LogP contribution in [-0.4, -0.2) is 53.5 Å². The monoisotopic (exact) mass is 394 g/mol. The van der Waals surface area contributed by atoms with Crippen molar-refractivity contribution in [2.75, 3.05) is 31.9 Å². The first-order chi connectivity index (χ1) is 13.6. The first-order valence-corrected chi connectivity index (χ1v) is 10.3. The fraction of sp³-hybridized carbons (Fsp3) is 0.273. The lowest BCUT2D eigenvalue weighted by Gasteiger charge is -2.34. The van der Waals surface area contributed by atoms with Crippen molar-refractivity contribution in [2.45, 2.75) is 11.8 Å². The van der Waals surface area contributed by atoms with Gasteiger partial charge < -0.3 is 14.2 Å². The largest absolute Gasteiger partial charge is 0.451 e. The van der Waals surface area contributed by atoms with Gasteiger partial charge in [0.05, 0.1) is 5.75 Å². The first-order valence-electron chi connectivity index (χ1n) is 9.36. The van der Waals surface area contributed by atoms with Gasteiger partial charge in [-0.15, -0.1) is 11.8 Å². The second-order valence-electron chi connectivity index (χ2n) is 6.88. The number of furan rings is 1. The molecular formula is C22H22N2O3S. The molecule has 2 heterocycles. The van der Waals surface area contributed by atoms with Gasteiger partial charge in [-0.2, -0.15) is 0 Å². The number of nitrogens with zero attached hydrogens (tertiary/aromatic N) is 2. The highest BCUT2D eigenvalue weighted by Gasteiger charge is 2.26. The normalized spacial score (nSPS) is 14.5. The predicted molar refractivity (Wildman–Crippen MR) is 111 cm³/mol. The van der Waals surface area contributed by atoms with E-state index in [9.17, 15) is 9.59 Å². The maximum absolute atomic E-state index is 12.7. The molecule has 0 unspecified atom stereocenters. The van der Waals surface area contributed by atoms with E-state index >= 15 is 0 Å². The zero-order chi connectivity index (χ0) is 19.5. The molecule has 6 heteroatoms. The van der Waals surface area contributed by atoms with Crippen molar-refractivity contribution in [1.82, 2.24) is 9.80 Å². The third-order valence-corrected chi connectivity index (χ3v) is 6.16. The quantitative estimate of drug-likeness (QED) is 0.632. The molecule has 0 atom stereocenters. The zero-order valence-corrected chi connectivity index (χ0v) is 16.6. The molecule has 0 saturated carbocycles. The fourth-order valence-electron chi connectivity index (χ4n) is 3.35. The lowest BCUT2D eigenvalue weighted by molar-refractivity contribution is -0.129. The van der Waals surface area contributed by atoms with Gasteiger partial charge in [0, 0.05) is 36.5 Å². The van der Waals surface area contributed by atoms with Crippen molar-refractivity contribution < 1.29 is 14.0 Å². The van der Waals surface area contributed by atoms with Gasteiger partial charge in [-0.1, -0.05) is 36.4 Å². The summed E-state index contributed by atoms with van der Waals surface area (Å²) in [5.41, 5.74) is 1.90. The summed E-state index contributed by atoms with van der Waals surface area (Å²) in [6, 6.07) is 17.5. The second-order valence-corrected chi connectivity index (χ2v) is 7.89. The number of piperazine rings is 1. The SMILES string of the molecule is Cc1ccccc1SCC(=O)N1CCN(C(=O)c2cc3ccccc3o2)CC1. The smallest absolute Gasteiger partial charge is 0.289 e. The number of hydrogen-bond donors (Lipinski definition) is 0. The van der Waals surface area contributed by atoms with Gasteiger partial charge in [0.1, 0.15) is 5.58 Å².